The molecule has 0 fully saturated rings. The van der Waals surface area contributed by atoms with Crippen molar-refractivity contribution in [2.45, 2.75) is 53.4 Å². The fourth-order valence-electron chi connectivity index (χ4n) is 2.57. The first kappa shape index (κ1) is 36.2. The van der Waals surface area contributed by atoms with Gasteiger partial charge in [-0.05, 0) is 25.7 Å². The Hall–Kier alpha value is 0.423. The average molecular weight is 354 g/mol. The third-order valence-corrected chi connectivity index (χ3v) is 2.79. The van der Waals surface area contributed by atoms with Crippen LogP contribution in [0.2, 0.25) is 0 Å². The van der Waals surface area contributed by atoms with Gasteiger partial charge in [0, 0.05) is 0 Å². The molecule has 0 aliphatic rings. The second-order valence-electron chi connectivity index (χ2n) is 4.24. The minimum Gasteiger partial charge on any atom is -2.00 e. The van der Waals surface area contributed by atoms with Gasteiger partial charge in [0.2, 0.25) is 0 Å². The molecule has 0 saturated heterocycles. The van der Waals surface area contributed by atoms with E-state index in [1.807, 2.05) is 0 Å². The summed E-state index contributed by atoms with van der Waals surface area (Å²) in [5.41, 5.74) is 0. The van der Waals surface area contributed by atoms with Crippen molar-refractivity contribution in [3.05, 3.63) is 0 Å². The van der Waals surface area contributed by atoms with Crippen LogP contribution in [0.4, 0.5) is 0 Å². The number of quaternary nitrogens is 1. The maximum absolute atomic E-state index is 2.31. The normalized spacial score (nSPS) is 8.67. The van der Waals surface area contributed by atoms with Crippen LogP contribution in [0.15, 0.2) is 0 Å². The topological polar surface area (TPSA) is 118 Å². The van der Waals surface area contributed by atoms with E-state index >= 15 is 0 Å². The van der Waals surface area contributed by atoms with E-state index in [0.717, 1.165) is 0 Å². The van der Waals surface area contributed by atoms with Crippen molar-refractivity contribution >= 4 is 0 Å². The second-order valence-corrected chi connectivity index (χ2v) is 4.24. The molecular weight excluding hydrogens is 323 g/mol. The van der Waals surface area contributed by atoms with Crippen LogP contribution < -0.4 is 0 Å². The molecule has 0 heterocycles. The van der Waals surface area contributed by atoms with Gasteiger partial charge in [-0.2, -0.15) is 0 Å². The van der Waals surface area contributed by atoms with E-state index in [0.29, 0.717) is 0 Å². The maximum Gasteiger partial charge on any atom is 4.00 e. The van der Waals surface area contributed by atoms with Gasteiger partial charge in [0.15, 0.2) is 0 Å². The van der Waals surface area contributed by atoms with Gasteiger partial charge in [-0.3, -0.25) is 0 Å². The van der Waals surface area contributed by atoms with E-state index in [-0.39, 0.29) is 41.4 Å². The van der Waals surface area contributed by atoms with E-state index in [1.165, 1.54) is 56.3 Å². The summed E-state index contributed by atoms with van der Waals surface area (Å²) in [5, 5.41) is 0. The molecule has 0 spiro atoms. The van der Waals surface area contributed by atoms with Crippen molar-refractivity contribution in [1.29, 1.82) is 0 Å². The summed E-state index contributed by atoms with van der Waals surface area (Å²) in [7, 11) is 0. The van der Waals surface area contributed by atoms with Crippen LogP contribution >= 0.6 is 0 Å². The van der Waals surface area contributed by atoms with E-state index in [2.05, 4.69) is 27.7 Å². The first-order chi connectivity index (χ1) is 6.24. The summed E-state index contributed by atoms with van der Waals surface area (Å²) in [6, 6.07) is 0. The average Bonchev–Trinajstić information content (AvgIpc) is 2.06. The Labute approximate surface area is 126 Å². The standard InChI is InChI=1S/C12H28N.3H2O.O.Ru/c1-5-9-13(10-6-2,11-7-3)12-8-4;;;;;/h5-12H2,1-4H3;3*1H2;;/q+1;;;;-2;+4/p-3. The third kappa shape index (κ3) is 14.5. The van der Waals surface area contributed by atoms with Gasteiger partial charge < -0.3 is 26.4 Å². The van der Waals surface area contributed by atoms with Crippen molar-refractivity contribution in [3.63, 3.8) is 0 Å². The minimum absolute atomic E-state index is 0. The molecule has 0 aliphatic heterocycles. The smallest absolute Gasteiger partial charge is 2.00 e. The van der Waals surface area contributed by atoms with Crippen LogP contribution in [0.25, 0.3) is 0 Å². The number of hydrogen-bond donors (Lipinski definition) is 0. The fraction of sp³-hybridized carbons (Fsp3) is 1.00. The van der Waals surface area contributed by atoms with Gasteiger partial charge in [-0.25, -0.2) is 0 Å². The summed E-state index contributed by atoms with van der Waals surface area (Å²) in [4.78, 5) is 0. The molecule has 0 aromatic rings. The van der Waals surface area contributed by atoms with Crippen LogP contribution in [0.3, 0.4) is 0 Å². The van der Waals surface area contributed by atoms with Crippen molar-refractivity contribution in [3.8, 4) is 0 Å². The molecule has 3 N–H and O–H groups in total. The quantitative estimate of drug-likeness (QED) is 0.492. The molecule has 5 nitrogen and oxygen atoms in total. The van der Waals surface area contributed by atoms with Crippen molar-refractivity contribution in [1.82, 2.24) is 0 Å². The van der Waals surface area contributed by atoms with Crippen molar-refractivity contribution in [2.75, 3.05) is 26.2 Å². The molecule has 0 aromatic carbocycles. The second kappa shape index (κ2) is 22.6. The van der Waals surface area contributed by atoms with Crippen LogP contribution in [-0.4, -0.2) is 47.1 Å². The molecule has 0 radical (unpaired) electrons. The molecule has 0 bridgehead atoms. The van der Waals surface area contributed by atoms with Gasteiger partial charge in [-0.1, -0.05) is 27.7 Å². The van der Waals surface area contributed by atoms with E-state index in [9.17, 15) is 0 Å². The third-order valence-electron chi connectivity index (χ3n) is 2.79. The first-order valence-corrected chi connectivity index (χ1v) is 6.09. The Morgan fingerprint density at radius 2 is 0.722 bits per heavy atom. The van der Waals surface area contributed by atoms with Gasteiger partial charge in [0.1, 0.15) is 0 Å². The molecule has 0 rings (SSSR count). The van der Waals surface area contributed by atoms with Gasteiger partial charge >= 0.3 is 19.5 Å². The summed E-state index contributed by atoms with van der Waals surface area (Å²) < 4.78 is 1.38. The van der Waals surface area contributed by atoms with Crippen molar-refractivity contribution in [2.24, 2.45) is 0 Å². The summed E-state index contributed by atoms with van der Waals surface area (Å²) >= 11 is 0. The van der Waals surface area contributed by atoms with Crippen LogP contribution in [-0.2, 0) is 25.0 Å². The Morgan fingerprint density at radius 3 is 0.833 bits per heavy atom. The molecule has 0 aromatic heterocycles. The molecule has 6 heteroatoms. The summed E-state index contributed by atoms with van der Waals surface area (Å²) in [5.74, 6) is 0. The molecule has 18 heavy (non-hydrogen) atoms. The number of nitrogens with zero attached hydrogens (tertiary/aromatic N) is 1. The molecule has 0 amide bonds. The van der Waals surface area contributed by atoms with E-state index in [1.54, 1.807) is 0 Å². The number of rotatable bonds is 8. The van der Waals surface area contributed by atoms with Crippen LogP contribution in [0.5, 0.6) is 0 Å². The number of hydrogen-bond acceptors (Lipinski definition) is 3. The molecule has 0 atom stereocenters. The van der Waals surface area contributed by atoms with Gasteiger partial charge in [0.25, 0.3) is 0 Å². The summed E-state index contributed by atoms with van der Waals surface area (Å²) in [6.07, 6.45) is 5.33. The summed E-state index contributed by atoms with van der Waals surface area (Å²) in [6.45, 7) is 14.8. The fourth-order valence-corrected chi connectivity index (χ4v) is 2.57. The molecule has 116 valence electrons. The minimum atomic E-state index is 0. The monoisotopic (exact) mass is 355 g/mol. The Kier molecular flexibility index (Phi) is 45.5. The Morgan fingerprint density at radius 1 is 0.556 bits per heavy atom. The molecular formula is C12H31NO4Ru. The Bertz CT molecular complexity index is 99.1. The first-order valence-electron chi connectivity index (χ1n) is 6.09. The van der Waals surface area contributed by atoms with E-state index in [4.69, 9.17) is 0 Å². The zero-order valence-electron chi connectivity index (χ0n) is 12.2. The zero-order chi connectivity index (χ0) is 10.2. The molecule has 0 saturated carbocycles. The molecule has 0 unspecified atom stereocenters. The predicted molar refractivity (Wildman–Crippen MR) is 67.4 cm³/mol. The van der Waals surface area contributed by atoms with Crippen molar-refractivity contribution < 1.29 is 45.9 Å². The van der Waals surface area contributed by atoms with Gasteiger partial charge in [-0.15, -0.1) is 0 Å². The Balaban J connectivity index is -0.0000000720. The van der Waals surface area contributed by atoms with Crippen LogP contribution in [0.1, 0.15) is 53.4 Å². The van der Waals surface area contributed by atoms with E-state index < -0.39 is 0 Å². The van der Waals surface area contributed by atoms with Crippen LogP contribution in [0, 0.1) is 0 Å². The predicted octanol–water partition coefficient (Wildman–Crippen LogP) is 2.79. The zero-order valence-corrected chi connectivity index (χ0v) is 13.9. The molecule has 0 aliphatic carbocycles. The van der Waals surface area contributed by atoms with Gasteiger partial charge in [0.05, 0.1) is 26.2 Å². The maximum atomic E-state index is 2.31. The SMILES string of the molecule is CCC[N+](CCC)(CCC)CCC.[O-2].[OH-].[OH-].[OH-].[Ru+4]. The largest absolute Gasteiger partial charge is 4.00 e.